The van der Waals surface area contributed by atoms with E-state index in [0.29, 0.717) is 36.4 Å². The number of pyridine rings is 1. The van der Waals surface area contributed by atoms with Crippen molar-refractivity contribution < 1.29 is 19.0 Å². The molecule has 1 saturated carbocycles. The molecular weight excluding hydrogens is 408 g/mol. The number of methoxy groups -OCH3 is 2. The van der Waals surface area contributed by atoms with E-state index in [-0.39, 0.29) is 17.9 Å². The standard InChI is InChI=1S/C24H28N4O4/c1-14(16-10-22(29)25-12-16)32-24-23-19(26-13-28(23)17-5-4-6-17)11-18(27-24)15-7-8-20(30-2)21(9-15)31-3/h7-9,11,13-14,16-17H,4-6,10,12H2,1-3H3,(H,25,29)/t14-,16-/m1/s1. The second kappa shape index (κ2) is 8.33. The average Bonchev–Trinajstić information content (AvgIpc) is 3.38. The van der Waals surface area contributed by atoms with Gasteiger partial charge in [-0.3, -0.25) is 4.79 Å². The van der Waals surface area contributed by atoms with Crippen molar-refractivity contribution in [1.29, 1.82) is 0 Å². The zero-order valence-electron chi connectivity index (χ0n) is 18.6. The zero-order chi connectivity index (χ0) is 22.2. The zero-order valence-corrected chi connectivity index (χ0v) is 18.6. The largest absolute Gasteiger partial charge is 0.493 e. The third-order valence-electron chi connectivity index (χ3n) is 6.64. The quantitative estimate of drug-likeness (QED) is 0.607. The Bertz CT molecular complexity index is 1150. The smallest absolute Gasteiger partial charge is 0.241 e. The number of hydrogen-bond acceptors (Lipinski definition) is 6. The number of nitrogens with one attached hydrogen (secondary N) is 1. The van der Waals surface area contributed by atoms with Gasteiger partial charge >= 0.3 is 0 Å². The van der Waals surface area contributed by atoms with E-state index in [1.54, 1.807) is 14.2 Å². The van der Waals surface area contributed by atoms with Crippen molar-refractivity contribution in [3.63, 3.8) is 0 Å². The highest BCUT2D eigenvalue weighted by Gasteiger charge is 2.30. The van der Waals surface area contributed by atoms with Crippen molar-refractivity contribution in [2.75, 3.05) is 20.8 Å². The van der Waals surface area contributed by atoms with Crippen LogP contribution in [-0.2, 0) is 4.79 Å². The van der Waals surface area contributed by atoms with E-state index in [2.05, 4.69) is 14.9 Å². The second-order valence-corrected chi connectivity index (χ2v) is 8.58. The predicted molar refractivity (Wildman–Crippen MR) is 120 cm³/mol. The Labute approximate surface area is 186 Å². The molecule has 0 bridgehead atoms. The molecule has 2 aromatic heterocycles. The molecule has 3 heterocycles. The lowest BCUT2D eigenvalue weighted by Crippen LogP contribution is -2.26. The highest BCUT2D eigenvalue weighted by atomic mass is 16.5. The number of nitrogens with zero attached hydrogens (tertiary/aromatic N) is 3. The minimum atomic E-state index is -0.157. The van der Waals surface area contributed by atoms with Crippen molar-refractivity contribution in [3.8, 4) is 28.6 Å². The molecule has 2 aliphatic rings. The number of carbonyl (C=O) groups excluding carboxylic acids is 1. The molecule has 1 aliphatic heterocycles. The van der Waals surface area contributed by atoms with E-state index >= 15 is 0 Å². The summed E-state index contributed by atoms with van der Waals surface area (Å²) in [7, 11) is 3.23. The van der Waals surface area contributed by atoms with Crippen molar-refractivity contribution >= 4 is 16.9 Å². The van der Waals surface area contributed by atoms with Gasteiger partial charge in [0, 0.05) is 30.5 Å². The molecule has 0 spiro atoms. The Hall–Kier alpha value is -3.29. The number of ether oxygens (including phenoxy) is 3. The number of benzene rings is 1. The van der Waals surface area contributed by atoms with Crippen LogP contribution in [0.2, 0.25) is 0 Å². The normalized spacial score (nSPS) is 19.5. The minimum Gasteiger partial charge on any atom is -0.493 e. The molecule has 3 aromatic rings. The molecule has 2 atom stereocenters. The second-order valence-electron chi connectivity index (χ2n) is 8.58. The van der Waals surface area contributed by atoms with E-state index in [1.807, 2.05) is 37.5 Å². The Morgan fingerprint density at radius 1 is 1.16 bits per heavy atom. The van der Waals surface area contributed by atoms with Gasteiger partial charge in [-0.25, -0.2) is 9.97 Å². The van der Waals surface area contributed by atoms with Crippen LogP contribution in [0.3, 0.4) is 0 Å². The molecule has 0 radical (unpaired) electrons. The van der Waals surface area contributed by atoms with Crippen LogP contribution >= 0.6 is 0 Å². The molecule has 168 valence electrons. The number of amides is 1. The third kappa shape index (κ3) is 3.63. The van der Waals surface area contributed by atoms with Gasteiger partial charge in [0.2, 0.25) is 11.8 Å². The molecule has 5 rings (SSSR count). The van der Waals surface area contributed by atoms with Gasteiger partial charge < -0.3 is 24.1 Å². The molecule has 1 N–H and O–H groups in total. The van der Waals surface area contributed by atoms with Gasteiger partial charge in [-0.1, -0.05) is 0 Å². The van der Waals surface area contributed by atoms with Crippen LogP contribution in [0, 0.1) is 5.92 Å². The molecule has 2 fully saturated rings. The van der Waals surface area contributed by atoms with E-state index in [1.165, 1.54) is 6.42 Å². The third-order valence-corrected chi connectivity index (χ3v) is 6.64. The Kier molecular flexibility index (Phi) is 5.36. The van der Waals surface area contributed by atoms with Gasteiger partial charge in [0.25, 0.3) is 0 Å². The van der Waals surface area contributed by atoms with E-state index in [9.17, 15) is 4.79 Å². The first kappa shape index (κ1) is 20.6. The summed E-state index contributed by atoms with van der Waals surface area (Å²) >= 11 is 0. The van der Waals surface area contributed by atoms with Gasteiger partial charge in [-0.05, 0) is 50.5 Å². The first-order chi connectivity index (χ1) is 15.6. The van der Waals surface area contributed by atoms with Crippen LogP contribution in [-0.4, -0.2) is 47.3 Å². The molecule has 1 aliphatic carbocycles. The van der Waals surface area contributed by atoms with E-state index in [4.69, 9.17) is 19.2 Å². The maximum Gasteiger partial charge on any atom is 0.241 e. The monoisotopic (exact) mass is 436 g/mol. The fourth-order valence-corrected chi connectivity index (χ4v) is 4.42. The van der Waals surface area contributed by atoms with Gasteiger partial charge in [-0.15, -0.1) is 0 Å². The summed E-state index contributed by atoms with van der Waals surface area (Å²) in [5.74, 6) is 2.04. The molecule has 1 aromatic carbocycles. The van der Waals surface area contributed by atoms with Gasteiger partial charge in [0.15, 0.2) is 11.5 Å². The lowest BCUT2D eigenvalue weighted by atomic mass is 9.93. The summed E-state index contributed by atoms with van der Waals surface area (Å²) in [5, 5.41) is 2.89. The molecule has 1 amide bonds. The van der Waals surface area contributed by atoms with Crippen molar-refractivity contribution in [2.24, 2.45) is 5.92 Å². The first-order valence-corrected chi connectivity index (χ1v) is 11.1. The van der Waals surface area contributed by atoms with E-state index < -0.39 is 0 Å². The number of hydrogen-bond donors (Lipinski definition) is 1. The van der Waals surface area contributed by atoms with Crippen LogP contribution < -0.4 is 19.5 Å². The lowest BCUT2D eigenvalue weighted by molar-refractivity contribution is -0.119. The maximum atomic E-state index is 11.7. The first-order valence-electron chi connectivity index (χ1n) is 11.1. The molecule has 32 heavy (non-hydrogen) atoms. The molecule has 1 saturated heterocycles. The number of imidazole rings is 1. The number of carbonyl (C=O) groups is 1. The molecule has 8 nitrogen and oxygen atoms in total. The highest BCUT2D eigenvalue weighted by Crippen LogP contribution is 2.39. The summed E-state index contributed by atoms with van der Waals surface area (Å²) in [5.41, 5.74) is 3.40. The Morgan fingerprint density at radius 2 is 1.97 bits per heavy atom. The lowest BCUT2D eigenvalue weighted by Gasteiger charge is -2.28. The van der Waals surface area contributed by atoms with Crippen LogP contribution in [0.1, 0.15) is 38.6 Å². The summed E-state index contributed by atoms with van der Waals surface area (Å²) in [4.78, 5) is 21.3. The van der Waals surface area contributed by atoms with Crippen LogP contribution in [0.4, 0.5) is 0 Å². The number of fused-ring (bicyclic) bond motifs is 1. The highest BCUT2D eigenvalue weighted by molar-refractivity contribution is 5.85. The van der Waals surface area contributed by atoms with Gasteiger partial charge in [-0.2, -0.15) is 0 Å². The molecule has 0 unspecified atom stereocenters. The van der Waals surface area contributed by atoms with E-state index in [0.717, 1.165) is 35.1 Å². The Morgan fingerprint density at radius 3 is 2.62 bits per heavy atom. The van der Waals surface area contributed by atoms with Gasteiger partial charge in [0.05, 0.1) is 31.8 Å². The maximum absolute atomic E-state index is 11.7. The SMILES string of the molecule is COc1ccc(-c2cc3ncn(C4CCC4)c3c(O[C@H](C)[C@H]3CNC(=O)C3)n2)cc1OC. The topological polar surface area (TPSA) is 87.5 Å². The van der Waals surface area contributed by atoms with Crippen molar-refractivity contribution in [1.82, 2.24) is 19.9 Å². The average molecular weight is 437 g/mol. The summed E-state index contributed by atoms with van der Waals surface area (Å²) in [6.07, 6.45) is 5.71. The van der Waals surface area contributed by atoms with Gasteiger partial charge in [0.1, 0.15) is 11.6 Å². The summed E-state index contributed by atoms with van der Waals surface area (Å²) in [6.45, 7) is 2.63. The van der Waals surface area contributed by atoms with Crippen LogP contribution in [0.25, 0.3) is 22.3 Å². The number of rotatable bonds is 7. The molecule has 8 heteroatoms. The summed E-state index contributed by atoms with van der Waals surface area (Å²) < 4.78 is 19.5. The van der Waals surface area contributed by atoms with Crippen LogP contribution in [0.15, 0.2) is 30.6 Å². The minimum absolute atomic E-state index is 0.0714. The Balaban J connectivity index is 1.57. The molecular formula is C24H28N4O4. The fourth-order valence-electron chi connectivity index (χ4n) is 4.42. The summed E-state index contributed by atoms with van der Waals surface area (Å²) in [6, 6.07) is 8.14. The van der Waals surface area contributed by atoms with Crippen LogP contribution in [0.5, 0.6) is 17.4 Å². The van der Waals surface area contributed by atoms with Crippen molar-refractivity contribution in [3.05, 3.63) is 30.6 Å². The predicted octanol–water partition coefficient (Wildman–Crippen LogP) is 3.74. The van der Waals surface area contributed by atoms with Crippen molar-refractivity contribution in [2.45, 2.75) is 44.8 Å². The fraction of sp³-hybridized carbons (Fsp3) is 0.458. The number of aromatic nitrogens is 3.